The van der Waals surface area contributed by atoms with Gasteiger partial charge in [0.25, 0.3) is 11.8 Å². The maximum atomic E-state index is 12.4. The summed E-state index contributed by atoms with van der Waals surface area (Å²) in [6, 6.07) is 18.1. The van der Waals surface area contributed by atoms with Crippen LogP contribution < -0.4 is 26.2 Å². The van der Waals surface area contributed by atoms with Crippen LogP contribution in [0.15, 0.2) is 73.1 Å². The molecule has 0 saturated heterocycles. The van der Waals surface area contributed by atoms with Crippen molar-refractivity contribution >= 4 is 40.7 Å². The Morgan fingerprint density at radius 2 is 1.65 bits per heavy atom. The number of pyridine rings is 1. The van der Waals surface area contributed by atoms with E-state index >= 15 is 0 Å². The Balaban J connectivity index is 1.43. The van der Waals surface area contributed by atoms with Crippen LogP contribution in [0.1, 0.15) is 33.2 Å². The first-order valence-corrected chi connectivity index (χ1v) is 10.7. The van der Waals surface area contributed by atoms with E-state index in [0.29, 0.717) is 23.6 Å². The molecule has 3 rings (SSSR count). The molecule has 0 bridgehead atoms. The molecule has 0 spiro atoms. The SMILES string of the molecule is CC(=O)Nc1cncc(C(=O)NNC(=S)NC(=O)c2ccc(OCCc3ccccc3)cc2)c1. The molecule has 0 fully saturated rings. The van der Waals surface area contributed by atoms with Gasteiger partial charge in [-0.25, -0.2) is 0 Å². The molecule has 0 saturated carbocycles. The van der Waals surface area contributed by atoms with Crippen LogP contribution in [0.5, 0.6) is 5.75 Å². The number of anilines is 1. The van der Waals surface area contributed by atoms with Crippen LogP contribution in [-0.4, -0.2) is 34.4 Å². The molecule has 0 aliphatic rings. The molecule has 4 N–H and O–H groups in total. The van der Waals surface area contributed by atoms with Crippen LogP contribution in [0.25, 0.3) is 0 Å². The normalized spacial score (nSPS) is 10.0. The lowest BCUT2D eigenvalue weighted by Gasteiger charge is -2.12. The Morgan fingerprint density at radius 3 is 2.35 bits per heavy atom. The van der Waals surface area contributed by atoms with Crippen molar-refractivity contribution in [2.75, 3.05) is 11.9 Å². The molecule has 9 nitrogen and oxygen atoms in total. The average molecular weight is 478 g/mol. The summed E-state index contributed by atoms with van der Waals surface area (Å²) in [7, 11) is 0. The Morgan fingerprint density at radius 1 is 0.912 bits per heavy atom. The largest absolute Gasteiger partial charge is 0.493 e. The number of benzene rings is 2. The molecule has 174 valence electrons. The lowest BCUT2D eigenvalue weighted by molar-refractivity contribution is -0.114. The second kappa shape index (κ2) is 12.1. The monoisotopic (exact) mass is 477 g/mol. The van der Waals surface area contributed by atoms with Gasteiger partial charge in [-0.1, -0.05) is 30.3 Å². The van der Waals surface area contributed by atoms with Crippen molar-refractivity contribution in [2.24, 2.45) is 0 Å². The zero-order valence-electron chi connectivity index (χ0n) is 18.3. The Labute approximate surface area is 201 Å². The smallest absolute Gasteiger partial charge is 0.271 e. The minimum atomic E-state index is -0.548. The van der Waals surface area contributed by atoms with Gasteiger partial charge < -0.3 is 10.1 Å². The van der Waals surface area contributed by atoms with Gasteiger partial charge in [-0.3, -0.25) is 35.5 Å². The van der Waals surface area contributed by atoms with Crippen molar-refractivity contribution < 1.29 is 19.1 Å². The second-order valence-corrected chi connectivity index (χ2v) is 7.52. The Hall–Kier alpha value is -4.31. The summed E-state index contributed by atoms with van der Waals surface area (Å²) in [5, 5.41) is 4.93. The molecule has 2 aromatic carbocycles. The molecule has 0 aliphatic heterocycles. The third-order valence-electron chi connectivity index (χ3n) is 4.46. The predicted molar refractivity (Wildman–Crippen MR) is 131 cm³/mol. The Bertz CT molecular complexity index is 1170. The summed E-state index contributed by atoms with van der Waals surface area (Å²) in [6.07, 6.45) is 3.52. The van der Waals surface area contributed by atoms with Crippen LogP contribution >= 0.6 is 12.2 Å². The van der Waals surface area contributed by atoms with E-state index in [9.17, 15) is 14.4 Å². The van der Waals surface area contributed by atoms with Gasteiger partial charge in [0.1, 0.15) is 5.75 Å². The molecule has 0 radical (unpaired) electrons. The summed E-state index contributed by atoms with van der Waals surface area (Å²) in [4.78, 5) is 39.7. The number of aromatic nitrogens is 1. The van der Waals surface area contributed by atoms with Gasteiger partial charge >= 0.3 is 0 Å². The van der Waals surface area contributed by atoms with Gasteiger partial charge in [-0.15, -0.1) is 0 Å². The summed E-state index contributed by atoms with van der Waals surface area (Å²) < 4.78 is 5.72. The van der Waals surface area contributed by atoms with Crippen LogP contribution in [-0.2, 0) is 11.2 Å². The van der Waals surface area contributed by atoms with E-state index in [1.165, 1.54) is 30.9 Å². The summed E-state index contributed by atoms with van der Waals surface area (Å²) >= 11 is 5.06. The van der Waals surface area contributed by atoms with Crippen LogP contribution in [0.3, 0.4) is 0 Å². The van der Waals surface area contributed by atoms with Gasteiger partial charge in [0.05, 0.1) is 24.1 Å². The third-order valence-corrected chi connectivity index (χ3v) is 4.66. The molecule has 0 aliphatic carbocycles. The maximum Gasteiger partial charge on any atom is 0.271 e. The summed E-state index contributed by atoms with van der Waals surface area (Å²) in [6.45, 7) is 1.87. The highest BCUT2D eigenvalue weighted by Gasteiger charge is 2.11. The number of ether oxygens (including phenoxy) is 1. The van der Waals surface area contributed by atoms with Crippen molar-refractivity contribution in [1.29, 1.82) is 0 Å². The zero-order valence-corrected chi connectivity index (χ0v) is 19.1. The summed E-state index contributed by atoms with van der Waals surface area (Å²) in [5.41, 5.74) is 6.95. The first kappa shape index (κ1) is 24.3. The minimum Gasteiger partial charge on any atom is -0.493 e. The number of hydrogen-bond donors (Lipinski definition) is 4. The third kappa shape index (κ3) is 7.68. The highest BCUT2D eigenvalue weighted by molar-refractivity contribution is 7.80. The van der Waals surface area contributed by atoms with E-state index in [1.54, 1.807) is 24.3 Å². The number of thiocarbonyl (C=S) groups is 1. The van der Waals surface area contributed by atoms with Gasteiger partial charge in [0, 0.05) is 25.1 Å². The number of carbonyl (C=O) groups is 3. The average Bonchev–Trinajstić information content (AvgIpc) is 2.83. The van der Waals surface area contributed by atoms with Crippen LogP contribution in [0, 0.1) is 0 Å². The number of nitrogens with zero attached hydrogens (tertiary/aromatic N) is 1. The second-order valence-electron chi connectivity index (χ2n) is 7.11. The molecule has 3 aromatic rings. The van der Waals surface area contributed by atoms with Crippen molar-refractivity contribution in [3.05, 3.63) is 89.7 Å². The number of amides is 3. The Kier molecular flexibility index (Phi) is 8.64. The van der Waals surface area contributed by atoms with E-state index in [1.807, 2.05) is 30.3 Å². The molecular formula is C24H23N5O4S. The standard InChI is InChI=1S/C24H23N5O4S/c1-16(30)26-20-13-19(14-25-15-20)23(32)28-29-24(34)27-22(31)18-7-9-21(10-8-18)33-12-11-17-5-3-2-4-6-17/h2-10,13-15H,11-12H2,1H3,(H,26,30)(H,28,32)(H2,27,29,31,34). The molecular weight excluding hydrogens is 454 g/mol. The van der Waals surface area contributed by atoms with Crippen LogP contribution in [0.2, 0.25) is 0 Å². The lowest BCUT2D eigenvalue weighted by atomic mass is 10.2. The number of rotatable bonds is 7. The van der Waals surface area contributed by atoms with Crippen molar-refractivity contribution in [2.45, 2.75) is 13.3 Å². The fourth-order valence-corrected chi connectivity index (χ4v) is 3.01. The minimum absolute atomic E-state index is 0.0903. The van der Waals surface area contributed by atoms with E-state index in [-0.39, 0.29) is 16.6 Å². The molecule has 10 heteroatoms. The number of hydrazine groups is 1. The number of nitrogens with one attached hydrogen (secondary N) is 4. The van der Waals surface area contributed by atoms with Gasteiger partial charge in [0.15, 0.2) is 5.11 Å². The number of hydrogen-bond acceptors (Lipinski definition) is 6. The molecule has 3 amide bonds. The van der Waals surface area contributed by atoms with Gasteiger partial charge in [0.2, 0.25) is 5.91 Å². The first-order chi connectivity index (χ1) is 16.4. The fourth-order valence-electron chi connectivity index (χ4n) is 2.86. The number of carbonyl (C=O) groups excluding carboxylic acids is 3. The van der Waals surface area contributed by atoms with Gasteiger partial charge in [-0.05, 0) is 48.1 Å². The first-order valence-electron chi connectivity index (χ1n) is 10.3. The van der Waals surface area contributed by atoms with E-state index in [2.05, 4.69) is 26.5 Å². The molecule has 34 heavy (non-hydrogen) atoms. The topological polar surface area (TPSA) is 121 Å². The highest BCUT2D eigenvalue weighted by Crippen LogP contribution is 2.13. The fraction of sp³-hybridized carbons (Fsp3) is 0.125. The molecule has 0 unspecified atom stereocenters. The van der Waals surface area contributed by atoms with E-state index < -0.39 is 11.8 Å². The van der Waals surface area contributed by atoms with E-state index in [4.69, 9.17) is 17.0 Å². The van der Waals surface area contributed by atoms with Gasteiger partial charge in [-0.2, -0.15) is 0 Å². The van der Waals surface area contributed by atoms with Crippen molar-refractivity contribution in [3.63, 3.8) is 0 Å². The summed E-state index contributed by atoms with van der Waals surface area (Å²) in [5.74, 6) is -0.631. The van der Waals surface area contributed by atoms with E-state index in [0.717, 1.165) is 6.42 Å². The lowest BCUT2D eigenvalue weighted by Crippen LogP contribution is -2.48. The highest BCUT2D eigenvalue weighted by atomic mass is 32.1. The predicted octanol–water partition coefficient (Wildman–Crippen LogP) is 2.61. The van der Waals surface area contributed by atoms with Crippen molar-refractivity contribution in [3.8, 4) is 5.75 Å². The van der Waals surface area contributed by atoms with Crippen molar-refractivity contribution in [1.82, 2.24) is 21.2 Å². The quantitative estimate of drug-likeness (QED) is 0.305. The maximum absolute atomic E-state index is 12.4. The molecule has 1 aromatic heterocycles. The van der Waals surface area contributed by atoms with Crippen LogP contribution in [0.4, 0.5) is 5.69 Å². The zero-order chi connectivity index (χ0) is 24.3. The molecule has 0 atom stereocenters. The molecule has 1 heterocycles.